The van der Waals surface area contributed by atoms with E-state index in [4.69, 9.17) is 14.6 Å². The van der Waals surface area contributed by atoms with Gasteiger partial charge >= 0.3 is 23.9 Å². The van der Waals surface area contributed by atoms with Crippen LogP contribution in [-0.4, -0.2) is 47.3 Å². The minimum absolute atomic E-state index is 0.0282. The molecule has 2 aromatic rings. The number of carboxylic acids is 2. The maximum absolute atomic E-state index is 11.9. The molecule has 2 N–H and O–H groups in total. The van der Waals surface area contributed by atoms with Crippen LogP contribution in [0.2, 0.25) is 0 Å². The number of aromatic carboxylic acids is 2. The van der Waals surface area contributed by atoms with Gasteiger partial charge in [0, 0.05) is 0 Å². The van der Waals surface area contributed by atoms with Gasteiger partial charge in [-0.3, -0.25) is 0 Å². The summed E-state index contributed by atoms with van der Waals surface area (Å²) in [5.41, 5.74) is 2.08. The molecule has 0 fully saturated rings. The lowest BCUT2D eigenvalue weighted by atomic mass is 9.90. The van der Waals surface area contributed by atoms with Gasteiger partial charge in [-0.1, -0.05) is 71.6 Å². The van der Waals surface area contributed by atoms with Crippen molar-refractivity contribution in [3.63, 3.8) is 0 Å². The van der Waals surface area contributed by atoms with E-state index in [1.54, 1.807) is 30.3 Å². The monoisotopic (exact) mass is 556 g/mol. The van der Waals surface area contributed by atoms with Crippen LogP contribution in [0, 0.1) is 0 Å². The molecule has 8 nitrogen and oxygen atoms in total. The summed E-state index contributed by atoms with van der Waals surface area (Å²) in [5.74, 6) is -3.27. The number of ether oxygens (including phenoxy) is 2. The summed E-state index contributed by atoms with van der Waals surface area (Å²) in [6.45, 7) is 8.89. The Bertz CT molecular complexity index is 1070. The van der Waals surface area contributed by atoms with Crippen LogP contribution in [0.4, 0.5) is 0 Å². The zero-order valence-corrected chi connectivity index (χ0v) is 24.3. The molecule has 0 aliphatic rings. The van der Waals surface area contributed by atoms with E-state index in [2.05, 4.69) is 6.92 Å². The van der Waals surface area contributed by atoms with Crippen molar-refractivity contribution >= 4 is 23.9 Å². The summed E-state index contributed by atoms with van der Waals surface area (Å²) in [7, 11) is 0. The Morgan fingerprint density at radius 1 is 0.600 bits per heavy atom. The summed E-state index contributed by atoms with van der Waals surface area (Å²) in [6.07, 6.45) is 8.77. The largest absolute Gasteiger partial charge is 0.478 e. The number of hydrogen-bond donors (Lipinski definition) is 2. The van der Waals surface area contributed by atoms with E-state index < -0.39 is 23.9 Å². The number of carbonyl (C=O) groups is 4. The first-order valence-corrected chi connectivity index (χ1v) is 14.3. The molecule has 0 saturated carbocycles. The molecular weight excluding hydrogens is 512 g/mol. The highest BCUT2D eigenvalue weighted by Crippen LogP contribution is 2.24. The van der Waals surface area contributed by atoms with Gasteiger partial charge in [0.2, 0.25) is 0 Å². The maximum atomic E-state index is 11.9. The van der Waals surface area contributed by atoms with E-state index in [9.17, 15) is 24.3 Å². The Hall–Kier alpha value is -3.68. The van der Waals surface area contributed by atoms with Crippen molar-refractivity contribution in [3.05, 3.63) is 69.8 Å². The Balaban J connectivity index is 0.000000400. The van der Waals surface area contributed by atoms with Gasteiger partial charge in [0.1, 0.15) is 0 Å². The van der Waals surface area contributed by atoms with Crippen LogP contribution in [0.1, 0.15) is 132 Å². The van der Waals surface area contributed by atoms with Crippen molar-refractivity contribution in [2.24, 2.45) is 0 Å². The van der Waals surface area contributed by atoms with Gasteiger partial charge in [-0.2, -0.15) is 0 Å². The SMILES string of the molecule is CCCCOC(=O)c1ccccc1C(=O)OCCCC.CCCCc1ccc(C(=O)O)c(C(=O)O)c1CCCC. The van der Waals surface area contributed by atoms with Crippen LogP contribution in [0.15, 0.2) is 36.4 Å². The van der Waals surface area contributed by atoms with Crippen LogP contribution in [-0.2, 0) is 22.3 Å². The van der Waals surface area contributed by atoms with Crippen molar-refractivity contribution in [3.8, 4) is 0 Å². The fraction of sp³-hybridized carbons (Fsp3) is 0.500. The normalized spacial score (nSPS) is 10.3. The first-order chi connectivity index (χ1) is 19.2. The van der Waals surface area contributed by atoms with E-state index >= 15 is 0 Å². The van der Waals surface area contributed by atoms with Gasteiger partial charge in [0.25, 0.3) is 0 Å². The van der Waals surface area contributed by atoms with Gasteiger partial charge in [-0.05, 0) is 67.9 Å². The number of benzene rings is 2. The summed E-state index contributed by atoms with van der Waals surface area (Å²) >= 11 is 0. The third kappa shape index (κ3) is 11.2. The second kappa shape index (κ2) is 19.4. The fourth-order valence-corrected chi connectivity index (χ4v) is 3.97. The quantitative estimate of drug-likeness (QED) is 0.162. The first kappa shape index (κ1) is 34.3. The fourth-order valence-electron chi connectivity index (χ4n) is 3.97. The highest BCUT2D eigenvalue weighted by Gasteiger charge is 2.22. The Kier molecular flexibility index (Phi) is 16.6. The van der Waals surface area contributed by atoms with Crippen molar-refractivity contribution in [2.75, 3.05) is 13.2 Å². The average molecular weight is 557 g/mol. The zero-order chi connectivity index (χ0) is 29.9. The summed E-state index contributed by atoms with van der Waals surface area (Å²) < 4.78 is 10.3. The molecule has 0 bridgehead atoms. The molecule has 0 radical (unpaired) electrons. The number of hydrogen-bond acceptors (Lipinski definition) is 6. The molecule has 0 aliphatic heterocycles. The number of carboxylic acid groups (broad SMARTS) is 2. The summed E-state index contributed by atoms with van der Waals surface area (Å²) in [5, 5.41) is 18.5. The highest BCUT2D eigenvalue weighted by atomic mass is 16.5. The second-order valence-corrected chi connectivity index (χ2v) is 9.47. The third-order valence-electron chi connectivity index (χ3n) is 6.26. The minimum atomic E-state index is -1.18. The van der Waals surface area contributed by atoms with Gasteiger partial charge in [-0.25, -0.2) is 19.2 Å². The molecule has 0 unspecified atom stereocenters. The van der Waals surface area contributed by atoms with Crippen LogP contribution < -0.4 is 0 Å². The van der Waals surface area contributed by atoms with E-state index in [0.29, 0.717) is 25.2 Å². The minimum Gasteiger partial charge on any atom is -0.478 e. The third-order valence-corrected chi connectivity index (χ3v) is 6.26. The average Bonchev–Trinajstić information content (AvgIpc) is 2.95. The van der Waals surface area contributed by atoms with Gasteiger partial charge in [0.15, 0.2) is 0 Å². The number of esters is 2. The molecule has 0 saturated heterocycles. The van der Waals surface area contributed by atoms with Crippen molar-refractivity contribution in [1.29, 1.82) is 0 Å². The summed E-state index contributed by atoms with van der Waals surface area (Å²) in [4.78, 5) is 46.6. The molecule has 2 aromatic carbocycles. The van der Waals surface area contributed by atoms with Crippen molar-refractivity contribution in [1.82, 2.24) is 0 Å². The second-order valence-electron chi connectivity index (χ2n) is 9.47. The smallest absolute Gasteiger partial charge is 0.339 e. The van der Waals surface area contributed by atoms with E-state index in [1.165, 1.54) is 6.07 Å². The van der Waals surface area contributed by atoms with Gasteiger partial charge in [0.05, 0.1) is 35.5 Å². The van der Waals surface area contributed by atoms with Crippen LogP contribution >= 0.6 is 0 Å². The number of rotatable bonds is 16. The van der Waals surface area contributed by atoms with Crippen LogP contribution in [0.25, 0.3) is 0 Å². The van der Waals surface area contributed by atoms with Crippen molar-refractivity contribution in [2.45, 2.75) is 91.9 Å². The lowest BCUT2D eigenvalue weighted by molar-refractivity contribution is 0.0452. The molecule has 0 amide bonds. The molecule has 0 spiro atoms. The van der Waals surface area contributed by atoms with Crippen LogP contribution in [0.5, 0.6) is 0 Å². The maximum Gasteiger partial charge on any atom is 0.339 e. The molecular formula is C32H44O8. The van der Waals surface area contributed by atoms with Crippen molar-refractivity contribution < 1.29 is 38.9 Å². The first-order valence-electron chi connectivity index (χ1n) is 14.3. The van der Waals surface area contributed by atoms with E-state index in [1.807, 2.05) is 20.8 Å². The molecule has 0 aliphatic carbocycles. The Morgan fingerprint density at radius 2 is 1.07 bits per heavy atom. The molecule has 0 heterocycles. The predicted molar refractivity (Wildman–Crippen MR) is 154 cm³/mol. The van der Waals surface area contributed by atoms with Crippen LogP contribution in [0.3, 0.4) is 0 Å². The number of aryl methyl sites for hydroxylation is 1. The van der Waals surface area contributed by atoms with Gasteiger partial charge < -0.3 is 19.7 Å². The lowest BCUT2D eigenvalue weighted by Gasteiger charge is -2.14. The Morgan fingerprint density at radius 3 is 1.50 bits per heavy atom. The van der Waals surface area contributed by atoms with E-state index in [0.717, 1.165) is 63.4 Å². The highest BCUT2D eigenvalue weighted by molar-refractivity contribution is 6.03. The van der Waals surface area contributed by atoms with E-state index in [-0.39, 0.29) is 22.3 Å². The topological polar surface area (TPSA) is 127 Å². The molecule has 40 heavy (non-hydrogen) atoms. The summed E-state index contributed by atoms with van der Waals surface area (Å²) in [6, 6.07) is 9.79. The predicted octanol–water partition coefficient (Wildman–Crippen LogP) is 7.37. The lowest BCUT2D eigenvalue weighted by Crippen LogP contribution is -2.14. The standard InChI is InChI=1S/2C16H22O4/c1-3-5-11-19-15(17)13-9-7-8-10-14(13)16(18)20-12-6-4-2;1-3-5-7-11-9-10-13(15(17)18)14(16(19)20)12(11)8-6-4-2/h7-10H,3-6,11-12H2,1-2H3;9-10H,3-8H2,1-2H3,(H,17,18)(H,19,20). The molecule has 220 valence electrons. The zero-order valence-electron chi connectivity index (χ0n) is 24.3. The Labute approximate surface area is 237 Å². The molecule has 0 aromatic heterocycles. The van der Waals surface area contributed by atoms with Gasteiger partial charge in [-0.15, -0.1) is 0 Å². The molecule has 2 rings (SSSR count). The number of carbonyl (C=O) groups excluding carboxylic acids is 2. The molecule has 8 heteroatoms. The molecule has 0 atom stereocenters. The number of unbranched alkanes of at least 4 members (excludes halogenated alkanes) is 4.